The van der Waals surface area contributed by atoms with Crippen molar-refractivity contribution in [3.8, 4) is 11.5 Å². The van der Waals surface area contributed by atoms with E-state index in [1.54, 1.807) is 24.3 Å². The summed E-state index contributed by atoms with van der Waals surface area (Å²) in [5, 5.41) is 20.8. The van der Waals surface area contributed by atoms with Crippen molar-refractivity contribution in [1.82, 2.24) is 0 Å². The largest absolute Gasteiger partial charge is 0.504 e. The van der Waals surface area contributed by atoms with E-state index in [2.05, 4.69) is 4.99 Å². The van der Waals surface area contributed by atoms with Gasteiger partial charge in [0.1, 0.15) is 5.02 Å². The van der Waals surface area contributed by atoms with E-state index < -0.39 is 4.92 Å². The Balaban J connectivity index is 2.34. The van der Waals surface area contributed by atoms with Gasteiger partial charge in [-0.2, -0.15) is 0 Å². The molecule has 0 saturated heterocycles. The first kappa shape index (κ1) is 14.8. The third-order valence-electron chi connectivity index (χ3n) is 2.73. The van der Waals surface area contributed by atoms with Crippen LogP contribution in [0.3, 0.4) is 0 Å². The molecule has 0 aliphatic rings. The molecule has 0 aliphatic carbocycles. The molecule has 0 aromatic heterocycles. The van der Waals surface area contributed by atoms with Crippen molar-refractivity contribution in [1.29, 1.82) is 0 Å². The number of nitro groups is 1. The molecule has 0 fully saturated rings. The summed E-state index contributed by atoms with van der Waals surface area (Å²) >= 11 is 5.72. The minimum absolute atomic E-state index is 0.0446. The van der Waals surface area contributed by atoms with Crippen molar-refractivity contribution >= 4 is 29.2 Å². The molecular weight excluding hydrogens is 296 g/mol. The first-order valence-electron chi connectivity index (χ1n) is 5.87. The van der Waals surface area contributed by atoms with Crippen molar-refractivity contribution in [3.63, 3.8) is 0 Å². The fraction of sp³-hybridized carbons (Fsp3) is 0.0714. The number of halogens is 1. The van der Waals surface area contributed by atoms with Gasteiger partial charge in [-0.05, 0) is 24.3 Å². The van der Waals surface area contributed by atoms with Gasteiger partial charge in [-0.1, -0.05) is 17.7 Å². The van der Waals surface area contributed by atoms with E-state index in [4.69, 9.17) is 16.3 Å². The van der Waals surface area contributed by atoms with E-state index in [9.17, 15) is 15.2 Å². The van der Waals surface area contributed by atoms with Gasteiger partial charge in [-0.25, -0.2) is 0 Å². The number of phenols is 1. The zero-order valence-corrected chi connectivity index (χ0v) is 11.7. The number of para-hydroxylation sites is 1. The van der Waals surface area contributed by atoms with Crippen molar-refractivity contribution < 1.29 is 14.8 Å². The lowest BCUT2D eigenvalue weighted by atomic mass is 10.2. The standard InChI is InChI=1S/C14H11ClN2O4/c1-21-13-4-2-3-9(14(13)18)8-16-10-5-6-11(15)12(7-10)17(19)20/h2-8,18H,1H3. The lowest BCUT2D eigenvalue weighted by molar-refractivity contribution is -0.384. The van der Waals surface area contributed by atoms with Gasteiger partial charge in [0, 0.05) is 17.8 Å². The Kier molecular flexibility index (Phi) is 4.39. The number of aromatic hydroxyl groups is 1. The number of nitro benzene ring substituents is 1. The van der Waals surface area contributed by atoms with Crippen LogP contribution in [0.25, 0.3) is 0 Å². The lowest BCUT2D eigenvalue weighted by Crippen LogP contribution is -1.89. The van der Waals surface area contributed by atoms with E-state index in [0.717, 1.165) is 0 Å². The van der Waals surface area contributed by atoms with E-state index in [1.807, 2.05) is 0 Å². The van der Waals surface area contributed by atoms with E-state index in [1.165, 1.54) is 25.5 Å². The van der Waals surface area contributed by atoms with Gasteiger partial charge in [0.05, 0.1) is 17.7 Å². The Morgan fingerprint density at radius 2 is 2.14 bits per heavy atom. The fourth-order valence-corrected chi connectivity index (χ4v) is 1.86. The van der Waals surface area contributed by atoms with Crippen LogP contribution in [-0.2, 0) is 0 Å². The predicted octanol–water partition coefficient (Wildman–Crippen LogP) is 3.71. The quantitative estimate of drug-likeness (QED) is 0.530. The minimum atomic E-state index is -0.579. The molecule has 0 unspecified atom stereocenters. The predicted molar refractivity (Wildman–Crippen MR) is 80.0 cm³/mol. The van der Waals surface area contributed by atoms with Gasteiger partial charge in [-0.3, -0.25) is 15.1 Å². The smallest absolute Gasteiger partial charge is 0.290 e. The topological polar surface area (TPSA) is 85.0 Å². The summed E-state index contributed by atoms with van der Waals surface area (Å²) in [6.07, 6.45) is 1.39. The summed E-state index contributed by atoms with van der Waals surface area (Å²) in [7, 11) is 1.44. The molecule has 0 amide bonds. The fourth-order valence-electron chi connectivity index (χ4n) is 1.67. The molecule has 0 bridgehead atoms. The molecule has 21 heavy (non-hydrogen) atoms. The molecule has 1 N–H and O–H groups in total. The maximum Gasteiger partial charge on any atom is 0.290 e. The second kappa shape index (κ2) is 6.23. The van der Waals surface area contributed by atoms with Crippen LogP contribution in [-0.4, -0.2) is 23.4 Å². The number of hydrogen-bond acceptors (Lipinski definition) is 5. The highest BCUT2D eigenvalue weighted by molar-refractivity contribution is 6.32. The van der Waals surface area contributed by atoms with Gasteiger partial charge in [0.15, 0.2) is 11.5 Å². The van der Waals surface area contributed by atoms with Crippen LogP contribution < -0.4 is 4.74 Å². The average Bonchev–Trinajstić information content (AvgIpc) is 2.47. The molecule has 6 nitrogen and oxygen atoms in total. The van der Waals surface area contributed by atoms with Crippen LogP contribution in [0.1, 0.15) is 5.56 Å². The Hall–Kier alpha value is -2.60. The molecule has 2 rings (SSSR count). The monoisotopic (exact) mass is 306 g/mol. The summed E-state index contributed by atoms with van der Waals surface area (Å²) in [4.78, 5) is 14.3. The van der Waals surface area contributed by atoms with Crippen LogP contribution >= 0.6 is 11.6 Å². The molecule has 2 aromatic rings. The molecule has 108 valence electrons. The van der Waals surface area contributed by atoms with Crippen LogP contribution in [0.4, 0.5) is 11.4 Å². The molecule has 0 atom stereocenters. The Morgan fingerprint density at radius 1 is 1.38 bits per heavy atom. The van der Waals surface area contributed by atoms with Crippen LogP contribution in [0, 0.1) is 10.1 Å². The highest BCUT2D eigenvalue weighted by atomic mass is 35.5. The maximum atomic E-state index is 10.8. The molecule has 0 aliphatic heterocycles. The highest BCUT2D eigenvalue weighted by Gasteiger charge is 2.12. The zero-order chi connectivity index (χ0) is 15.4. The number of phenolic OH excluding ortho intramolecular Hbond substituents is 1. The second-order valence-corrected chi connectivity index (χ2v) is 4.46. The second-order valence-electron chi connectivity index (χ2n) is 4.05. The summed E-state index contributed by atoms with van der Waals surface area (Å²) in [6.45, 7) is 0. The zero-order valence-electron chi connectivity index (χ0n) is 11.0. The van der Waals surface area contributed by atoms with Gasteiger partial charge in [-0.15, -0.1) is 0 Å². The Morgan fingerprint density at radius 3 is 2.81 bits per heavy atom. The number of ether oxygens (including phenoxy) is 1. The molecule has 0 saturated carbocycles. The molecule has 0 radical (unpaired) electrons. The minimum Gasteiger partial charge on any atom is -0.504 e. The first-order valence-corrected chi connectivity index (χ1v) is 6.24. The van der Waals surface area contributed by atoms with E-state index >= 15 is 0 Å². The number of methoxy groups -OCH3 is 1. The van der Waals surface area contributed by atoms with Crippen molar-refractivity contribution in [2.45, 2.75) is 0 Å². The van der Waals surface area contributed by atoms with E-state index in [0.29, 0.717) is 17.0 Å². The highest BCUT2D eigenvalue weighted by Crippen LogP contribution is 2.30. The number of aliphatic imine (C=N–C) groups is 1. The number of hydrogen-bond donors (Lipinski definition) is 1. The maximum absolute atomic E-state index is 10.8. The Labute approximate surface area is 125 Å². The summed E-state index contributed by atoms with van der Waals surface area (Å²) < 4.78 is 4.99. The van der Waals surface area contributed by atoms with E-state index in [-0.39, 0.29) is 16.5 Å². The molecule has 2 aromatic carbocycles. The van der Waals surface area contributed by atoms with Crippen LogP contribution in [0.2, 0.25) is 5.02 Å². The molecule has 0 heterocycles. The Bertz CT molecular complexity index is 716. The normalized spacial score (nSPS) is 10.8. The average molecular weight is 307 g/mol. The SMILES string of the molecule is COc1cccc(C=Nc2ccc(Cl)c([N+](=O)[O-])c2)c1O. The van der Waals surface area contributed by atoms with Gasteiger partial charge in [0.25, 0.3) is 5.69 Å². The van der Waals surface area contributed by atoms with Gasteiger partial charge in [0.2, 0.25) is 0 Å². The number of rotatable bonds is 4. The molecular formula is C14H11ClN2O4. The summed E-state index contributed by atoms with van der Waals surface area (Å²) in [5.41, 5.74) is 0.571. The van der Waals surface area contributed by atoms with Crippen molar-refractivity contribution in [2.24, 2.45) is 4.99 Å². The van der Waals surface area contributed by atoms with Gasteiger partial charge >= 0.3 is 0 Å². The van der Waals surface area contributed by atoms with Gasteiger partial charge < -0.3 is 9.84 Å². The molecule has 0 spiro atoms. The van der Waals surface area contributed by atoms with Crippen LogP contribution in [0.5, 0.6) is 11.5 Å². The van der Waals surface area contributed by atoms with Crippen molar-refractivity contribution in [2.75, 3.05) is 7.11 Å². The summed E-state index contributed by atoms with van der Waals surface area (Å²) in [6, 6.07) is 9.16. The summed E-state index contributed by atoms with van der Waals surface area (Å²) in [5.74, 6) is 0.272. The number of benzene rings is 2. The van der Waals surface area contributed by atoms with Crippen molar-refractivity contribution in [3.05, 3.63) is 57.1 Å². The third kappa shape index (κ3) is 3.29. The molecule has 7 heteroatoms. The number of nitrogens with zero attached hydrogens (tertiary/aromatic N) is 2. The first-order chi connectivity index (χ1) is 10.0. The van der Waals surface area contributed by atoms with Crippen LogP contribution in [0.15, 0.2) is 41.4 Å². The lowest BCUT2D eigenvalue weighted by Gasteiger charge is -2.04. The third-order valence-corrected chi connectivity index (χ3v) is 3.05.